The first-order chi connectivity index (χ1) is 8.99. The first-order valence-corrected chi connectivity index (χ1v) is 7.03. The summed E-state index contributed by atoms with van der Waals surface area (Å²) in [5, 5.41) is 14.3. The number of likely N-dealkylation sites (tertiary alicyclic amines) is 1. The average Bonchev–Trinajstić information content (AvgIpc) is 2.85. The molecule has 0 bridgehead atoms. The summed E-state index contributed by atoms with van der Waals surface area (Å²) >= 11 is 1.38. The van der Waals surface area contributed by atoms with Crippen LogP contribution in [0.4, 0.5) is 5.13 Å². The van der Waals surface area contributed by atoms with Crippen molar-refractivity contribution in [3.05, 3.63) is 11.6 Å². The highest BCUT2D eigenvalue weighted by atomic mass is 32.1. The Morgan fingerprint density at radius 2 is 2.21 bits per heavy atom. The standard InChI is InChI=1S/C12H17N3O3S/c1-12(10(17)18)2-5-15(6-3-12)8-9(16)14-11-13-4-7-19-11/h4,7H,2-3,5-6,8H2,1H3,(H,17,18)(H,13,14,16). The Balaban J connectivity index is 1.79. The SMILES string of the molecule is CC1(C(=O)O)CCN(CC(=O)Nc2nccs2)CC1. The molecule has 0 aliphatic carbocycles. The number of anilines is 1. The van der Waals surface area contributed by atoms with Crippen molar-refractivity contribution in [2.75, 3.05) is 25.0 Å². The minimum atomic E-state index is -0.751. The van der Waals surface area contributed by atoms with Crippen molar-refractivity contribution in [2.24, 2.45) is 5.41 Å². The molecule has 1 fully saturated rings. The summed E-state index contributed by atoms with van der Waals surface area (Å²) in [5.41, 5.74) is -0.651. The molecule has 1 aliphatic rings. The van der Waals surface area contributed by atoms with Crippen molar-refractivity contribution in [3.8, 4) is 0 Å². The van der Waals surface area contributed by atoms with Crippen molar-refractivity contribution in [3.63, 3.8) is 0 Å². The number of thiazole rings is 1. The highest BCUT2D eigenvalue weighted by Crippen LogP contribution is 2.30. The molecule has 1 amide bonds. The molecule has 2 heterocycles. The van der Waals surface area contributed by atoms with Gasteiger partial charge >= 0.3 is 5.97 Å². The van der Waals surface area contributed by atoms with Gasteiger partial charge in [0.15, 0.2) is 5.13 Å². The van der Waals surface area contributed by atoms with E-state index < -0.39 is 11.4 Å². The lowest BCUT2D eigenvalue weighted by Crippen LogP contribution is -2.45. The second kappa shape index (κ2) is 5.66. The molecule has 0 unspecified atom stereocenters. The van der Waals surface area contributed by atoms with E-state index >= 15 is 0 Å². The molecule has 0 radical (unpaired) electrons. The lowest BCUT2D eigenvalue weighted by Gasteiger charge is -2.35. The fourth-order valence-electron chi connectivity index (χ4n) is 2.07. The van der Waals surface area contributed by atoms with Crippen LogP contribution in [0.15, 0.2) is 11.6 Å². The Kier molecular flexibility index (Phi) is 4.16. The Bertz CT molecular complexity index is 453. The Morgan fingerprint density at radius 3 is 2.74 bits per heavy atom. The summed E-state index contributed by atoms with van der Waals surface area (Å²) in [4.78, 5) is 28.8. The maximum Gasteiger partial charge on any atom is 0.309 e. The molecule has 1 aromatic rings. The number of aliphatic carboxylic acids is 1. The Labute approximate surface area is 115 Å². The topological polar surface area (TPSA) is 82.5 Å². The van der Waals surface area contributed by atoms with E-state index in [0.717, 1.165) is 0 Å². The molecule has 6 nitrogen and oxygen atoms in total. The molecular weight excluding hydrogens is 266 g/mol. The van der Waals surface area contributed by atoms with Crippen LogP contribution in [-0.2, 0) is 9.59 Å². The summed E-state index contributed by atoms with van der Waals surface area (Å²) in [6.07, 6.45) is 2.79. The van der Waals surface area contributed by atoms with E-state index in [2.05, 4.69) is 10.3 Å². The molecule has 1 saturated heterocycles. The Hall–Kier alpha value is -1.47. The molecule has 104 valence electrons. The van der Waals surface area contributed by atoms with E-state index in [1.165, 1.54) is 11.3 Å². The van der Waals surface area contributed by atoms with Gasteiger partial charge in [0, 0.05) is 11.6 Å². The molecule has 0 saturated carbocycles. The number of carbonyl (C=O) groups excluding carboxylic acids is 1. The molecule has 0 spiro atoms. The van der Waals surface area contributed by atoms with Gasteiger partial charge in [0.1, 0.15) is 0 Å². The third-order valence-corrected chi connectivity index (χ3v) is 4.21. The zero-order valence-electron chi connectivity index (χ0n) is 10.8. The number of hydrogen-bond donors (Lipinski definition) is 2. The van der Waals surface area contributed by atoms with Crippen molar-refractivity contribution in [2.45, 2.75) is 19.8 Å². The van der Waals surface area contributed by atoms with Crippen LogP contribution in [-0.4, -0.2) is 46.5 Å². The number of piperidine rings is 1. The maximum atomic E-state index is 11.8. The maximum absolute atomic E-state index is 11.8. The number of hydrogen-bond acceptors (Lipinski definition) is 5. The van der Waals surface area contributed by atoms with Gasteiger partial charge in [-0.25, -0.2) is 4.98 Å². The van der Waals surface area contributed by atoms with Crippen molar-refractivity contribution >= 4 is 28.3 Å². The average molecular weight is 283 g/mol. The van der Waals surface area contributed by atoms with Crippen molar-refractivity contribution in [1.29, 1.82) is 0 Å². The quantitative estimate of drug-likeness (QED) is 0.869. The van der Waals surface area contributed by atoms with Crippen molar-refractivity contribution < 1.29 is 14.7 Å². The Morgan fingerprint density at radius 1 is 1.53 bits per heavy atom. The third-order valence-electron chi connectivity index (χ3n) is 3.52. The predicted octanol–water partition coefficient (Wildman–Crippen LogP) is 1.27. The lowest BCUT2D eigenvalue weighted by atomic mass is 9.80. The normalized spacial score (nSPS) is 19.0. The molecular formula is C12H17N3O3S. The minimum Gasteiger partial charge on any atom is -0.481 e. The molecule has 0 aromatic carbocycles. The molecule has 19 heavy (non-hydrogen) atoms. The number of aromatic nitrogens is 1. The minimum absolute atomic E-state index is 0.103. The van der Waals surface area contributed by atoms with Crippen LogP contribution in [0.25, 0.3) is 0 Å². The van der Waals surface area contributed by atoms with Crippen LogP contribution in [0.1, 0.15) is 19.8 Å². The van der Waals surface area contributed by atoms with E-state index in [0.29, 0.717) is 31.1 Å². The van der Waals surface area contributed by atoms with Crippen LogP contribution in [0.3, 0.4) is 0 Å². The zero-order valence-corrected chi connectivity index (χ0v) is 11.6. The van der Waals surface area contributed by atoms with Crippen LogP contribution >= 0.6 is 11.3 Å². The summed E-state index contributed by atoms with van der Waals surface area (Å²) in [6.45, 7) is 3.32. The van der Waals surface area contributed by atoms with Crippen LogP contribution in [0.5, 0.6) is 0 Å². The largest absolute Gasteiger partial charge is 0.481 e. The predicted molar refractivity (Wildman–Crippen MR) is 72.2 cm³/mol. The van der Waals surface area contributed by atoms with E-state index in [4.69, 9.17) is 5.11 Å². The number of carboxylic acid groups (broad SMARTS) is 1. The van der Waals surface area contributed by atoms with E-state index in [9.17, 15) is 9.59 Å². The van der Waals surface area contributed by atoms with Crippen molar-refractivity contribution in [1.82, 2.24) is 9.88 Å². The summed E-state index contributed by atoms with van der Waals surface area (Å²) < 4.78 is 0. The van der Waals surface area contributed by atoms with Gasteiger partial charge in [-0.2, -0.15) is 0 Å². The van der Waals surface area contributed by atoms with Gasteiger partial charge in [-0.1, -0.05) is 0 Å². The van der Waals surface area contributed by atoms with Gasteiger partial charge in [0.05, 0.1) is 12.0 Å². The third kappa shape index (κ3) is 3.51. The summed E-state index contributed by atoms with van der Waals surface area (Å²) in [5.74, 6) is -0.853. The van der Waals surface area contributed by atoms with E-state index in [1.54, 1.807) is 18.5 Å². The summed E-state index contributed by atoms with van der Waals surface area (Å²) in [7, 11) is 0. The number of carbonyl (C=O) groups is 2. The first kappa shape index (κ1) is 14.0. The van der Waals surface area contributed by atoms with Gasteiger partial charge in [-0.3, -0.25) is 14.5 Å². The molecule has 1 aliphatic heterocycles. The number of amides is 1. The van der Waals surface area contributed by atoms with E-state index in [1.807, 2.05) is 4.90 Å². The van der Waals surface area contributed by atoms with Crippen LogP contribution in [0.2, 0.25) is 0 Å². The fourth-order valence-corrected chi connectivity index (χ4v) is 2.61. The van der Waals surface area contributed by atoms with Crippen LogP contribution in [0, 0.1) is 5.41 Å². The molecule has 2 N–H and O–H groups in total. The van der Waals surface area contributed by atoms with Gasteiger partial charge in [0.2, 0.25) is 5.91 Å². The molecule has 7 heteroatoms. The highest BCUT2D eigenvalue weighted by Gasteiger charge is 2.37. The second-order valence-corrected chi connectivity index (χ2v) is 5.92. The number of carboxylic acids is 1. The van der Waals surface area contributed by atoms with Gasteiger partial charge < -0.3 is 10.4 Å². The fraction of sp³-hybridized carbons (Fsp3) is 0.583. The smallest absolute Gasteiger partial charge is 0.309 e. The van der Waals surface area contributed by atoms with Crippen LogP contribution < -0.4 is 5.32 Å². The van der Waals surface area contributed by atoms with Gasteiger partial charge in [-0.05, 0) is 32.9 Å². The lowest BCUT2D eigenvalue weighted by molar-refractivity contribution is -0.150. The number of rotatable bonds is 4. The first-order valence-electron chi connectivity index (χ1n) is 6.15. The highest BCUT2D eigenvalue weighted by molar-refractivity contribution is 7.13. The summed E-state index contributed by atoms with van der Waals surface area (Å²) in [6, 6.07) is 0. The van der Waals surface area contributed by atoms with E-state index in [-0.39, 0.29) is 12.5 Å². The molecule has 0 atom stereocenters. The van der Waals surface area contributed by atoms with Gasteiger partial charge in [-0.15, -0.1) is 11.3 Å². The molecule has 1 aromatic heterocycles. The monoisotopic (exact) mass is 283 g/mol. The van der Waals surface area contributed by atoms with Gasteiger partial charge in [0.25, 0.3) is 0 Å². The number of nitrogens with one attached hydrogen (secondary N) is 1. The molecule has 2 rings (SSSR count). The second-order valence-electron chi connectivity index (χ2n) is 5.03. The number of nitrogens with zero attached hydrogens (tertiary/aromatic N) is 2. The zero-order chi connectivity index (χ0) is 13.9.